The highest BCUT2D eigenvalue weighted by Crippen LogP contribution is 2.31. The van der Waals surface area contributed by atoms with Gasteiger partial charge in [0.05, 0.1) is 17.6 Å². The molecule has 80 valence electrons. The maximum absolute atomic E-state index is 11.4. The number of nitrogens with zero attached hydrogens (tertiary/aromatic N) is 1. The van der Waals surface area contributed by atoms with Crippen LogP contribution in [0.25, 0.3) is 0 Å². The average molecular weight is 210 g/mol. The summed E-state index contributed by atoms with van der Waals surface area (Å²) in [6.07, 6.45) is 0.276. The summed E-state index contributed by atoms with van der Waals surface area (Å²) in [4.78, 5) is 20.3. The molecule has 0 aromatic heterocycles. The molecule has 0 aliphatic rings. The molecule has 0 atom stereocenters. The van der Waals surface area contributed by atoms with Gasteiger partial charge in [-0.1, -0.05) is 5.75 Å². The Balaban J connectivity index is 3.31. The summed E-state index contributed by atoms with van der Waals surface area (Å²) in [6.45, 7) is 1.84. The SMILES string of the molecule is CCOc1cc([N+](=O)[O-])cc(C=O)c1[O-]. The largest absolute Gasteiger partial charge is 0.869 e. The summed E-state index contributed by atoms with van der Waals surface area (Å²) in [5.74, 6) is -0.800. The molecule has 0 aliphatic heterocycles. The molecule has 0 unspecified atom stereocenters. The summed E-state index contributed by atoms with van der Waals surface area (Å²) in [5, 5.41) is 21.9. The Kier molecular flexibility index (Phi) is 3.22. The minimum absolute atomic E-state index is 0.172. The van der Waals surface area contributed by atoms with Crippen molar-refractivity contribution in [3.05, 3.63) is 27.8 Å². The summed E-state index contributed by atoms with van der Waals surface area (Å²) in [6, 6.07) is 1.94. The van der Waals surface area contributed by atoms with Crippen LogP contribution in [-0.4, -0.2) is 17.8 Å². The van der Waals surface area contributed by atoms with Crippen LogP contribution >= 0.6 is 0 Å². The van der Waals surface area contributed by atoms with Gasteiger partial charge in [0.2, 0.25) is 0 Å². The van der Waals surface area contributed by atoms with Gasteiger partial charge >= 0.3 is 0 Å². The lowest BCUT2D eigenvalue weighted by atomic mass is 10.2. The molecule has 6 heteroatoms. The van der Waals surface area contributed by atoms with E-state index in [-0.39, 0.29) is 29.9 Å². The minimum atomic E-state index is -0.686. The van der Waals surface area contributed by atoms with Gasteiger partial charge in [-0.25, -0.2) is 0 Å². The lowest BCUT2D eigenvalue weighted by molar-refractivity contribution is -0.385. The molecule has 1 aromatic rings. The van der Waals surface area contributed by atoms with Crippen LogP contribution in [0.15, 0.2) is 12.1 Å². The lowest BCUT2D eigenvalue weighted by Crippen LogP contribution is -2.03. The van der Waals surface area contributed by atoms with E-state index < -0.39 is 10.7 Å². The van der Waals surface area contributed by atoms with Crippen LogP contribution in [0.5, 0.6) is 11.5 Å². The fourth-order valence-electron chi connectivity index (χ4n) is 1.06. The number of hydrogen-bond donors (Lipinski definition) is 0. The van der Waals surface area contributed by atoms with Gasteiger partial charge in [0.25, 0.3) is 5.69 Å². The molecule has 0 aliphatic carbocycles. The Hall–Kier alpha value is -2.11. The molecule has 1 aromatic carbocycles. The topological polar surface area (TPSA) is 92.5 Å². The molecule has 0 amide bonds. The van der Waals surface area contributed by atoms with Gasteiger partial charge in [0.15, 0.2) is 0 Å². The number of rotatable bonds is 4. The molecule has 0 radical (unpaired) electrons. The molecule has 1 rings (SSSR count). The maximum atomic E-state index is 11.4. The van der Waals surface area contributed by atoms with E-state index in [0.29, 0.717) is 0 Å². The van der Waals surface area contributed by atoms with Crippen molar-refractivity contribution in [2.24, 2.45) is 0 Å². The first-order valence-corrected chi connectivity index (χ1v) is 4.17. The number of carbonyl (C=O) groups is 1. The highest BCUT2D eigenvalue weighted by atomic mass is 16.6. The predicted octanol–water partition coefficient (Wildman–Crippen LogP) is 0.880. The molecular weight excluding hydrogens is 202 g/mol. The van der Waals surface area contributed by atoms with Crippen LogP contribution in [0, 0.1) is 10.1 Å². The van der Waals surface area contributed by atoms with Crippen molar-refractivity contribution in [2.75, 3.05) is 6.61 Å². The van der Waals surface area contributed by atoms with Crippen molar-refractivity contribution in [1.29, 1.82) is 0 Å². The number of aldehydes is 1. The van der Waals surface area contributed by atoms with Crippen molar-refractivity contribution < 1.29 is 19.6 Å². The number of nitro benzene ring substituents is 1. The van der Waals surface area contributed by atoms with Gasteiger partial charge in [-0.15, -0.1) is 0 Å². The number of carbonyl (C=O) groups excluding carboxylic acids is 1. The number of hydrogen-bond acceptors (Lipinski definition) is 5. The zero-order valence-corrected chi connectivity index (χ0v) is 7.93. The van der Waals surface area contributed by atoms with Gasteiger partial charge in [0, 0.05) is 11.6 Å². The maximum Gasteiger partial charge on any atom is 0.273 e. The molecule has 0 saturated carbocycles. The lowest BCUT2D eigenvalue weighted by Gasteiger charge is -2.15. The molecular formula is C9H8NO5-. The third kappa shape index (κ3) is 2.22. The highest BCUT2D eigenvalue weighted by Gasteiger charge is 2.11. The summed E-state index contributed by atoms with van der Waals surface area (Å²) < 4.78 is 4.89. The first kappa shape index (κ1) is 11.0. The number of nitro groups is 1. The Morgan fingerprint density at radius 3 is 2.67 bits per heavy atom. The number of non-ortho nitro benzene ring substituents is 1. The van der Waals surface area contributed by atoms with Gasteiger partial charge in [-0.3, -0.25) is 14.9 Å². The van der Waals surface area contributed by atoms with E-state index in [1.807, 2.05) is 0 Å². The smallest absolute Gasteiger partial charge is 0.273 e. The van der Waals surface area contributed by atoms with Crippen molar-refractivity contribution in [3.63, 3.8) is 0 Å². The Bertz CT molecular complexity index is 402. The molecule has 0 bridgehead atoms. The van der Waals surface area contributed by atoms with Crippen molar-refractivity contribution in [1.82, 2.24) is 0 Å². The standard InChI is InChI=1S/C9H9NO5/c1-2-15-8-4-7(10(13)14)3-6(5-11)9(8)12/h3-5,12H,2H2,1H3/p-1. The second-order valence-electron chi connectivity index (χ2n) is 2.67. The summed E-state index contributed by atoms with van der Waals surface area (Å²) in [5.41, 5.74) is -0.604. The van der Waals surface area contributed by atoms with Gasteiger partial charge in [0.1, 0.15) is 12.0 Å². The zero-order chi connectivity index (χ0) is 11.4. The van der Waals surface area contributed by atoms with E-state index in [1.54, 1.807) is 6.92 Å². The van der Waals surface area contributed by atoms with Gasteiger partial charge < -0.3 is 9.84 Å². The molecule has 15 heavy (non-hydrogen) atoms. The number of benzene rings is 1. The summed E-state index contributed by atoms with van der Waals surface area (Å²) in [7, 11) is 0. The van der Waals surface area contributed by atoms with Gasteiger partial charge in [-0.2, -0.15) is 0 Å². The first-order valence-electron chi connectivity index (χ1n) is 4.17. The van der Waals surface area contributed by atoms with E-state index in [1.165, 1.54) is 0 Å². The fraction of sp³-hybridized carbons (Fsp3) is 0.222. The quantitative estimate of drug-likeness (QED) is 0.417. The fourth-order valence-corrected chi connectivity index (χ4v) is 1.06. The molecule has 0 N–H and O–H groups in total. The third-order valence-corrected chi connectivity index (χ3v) is 1.71. The van der Waals surface area contributed by atoms with Crippen molar-refractivity contribution >= 4 is 12.0 Å². The van der Waals surface area contributed by atoms with E-state index in [0.717, 1.165) is 12.1 Å². The van der Waals surface area contributed by atoms with Crippen LogP contribution in [0.4, 0.5) is 5.69 Å². The molecule has 6 nitrogen and oxygen atoms in total. The molecule has 0 saturated heterocycles. The Labute approximate surface area is 85.2 Å². The Morgan fingerprint density at radius 2 is 2.20 bits per heavy atom. The molecule has 0 heterocycles. The Morgan fingerprint density at radius 1 is 1.53 bits per heavy atom. The van der Waals surface area contributed by atoms with Crippen LogP contribution in [0.1, 0.15) is 17.3 Å². The van der Waals surface area contributed by atoms with Crippen molar-refractivity contribution in [2.45, 2.75) is 6.92 Å². The van der Waals surface area contributed by atoms with E-state index in [4.69, 9.17) is 4.74 Å². The normalized spacial score (nSPS) is 9.67. The van der Waals surface area contributed by atoms with Gasteiger partial charge in [-0.05, 0) is 6.92 Å². The van der Waals surface area contributed by atoms with Crippen LogP contribution in [-0.2, 0) is 0 Å². The van der Waals surface area contributed by atoms with Crippen LogP contribution in [0.3, 0.4) is 0 Å². The number of ether oxygens (including phenoxy) is 1. The second-order valence-corrected chi connectivity index (χ2v) is 2.67. The average Bonchev–Trinajstić information content (AvgIpc) is 2.21. The second kappa shape index (κ2) is 4.41. The predicted molar refractivity (Wildman–Crippen MR) is 49.1 cm³/mol. The molecule has 0 spiro atoms. The van der Waals surface area contributed by atoms with Crippen LogP contribution in [0.2, 0.25) is 0 Å². The van der Waals surface area contributed by atoms with E-state index >= 15 is 0 Å². The highest BCUT2D eigenvalue weighted by molar-refractivity contribution is 5.82. The minimum Gasteiger partial charge on any atom is -0.869 e. The molecule has 0 fully saturated rings. The summed E-state index contributed by atoms with van der Waals surface area (Å²) >= 11 is 0. The first-order chi connectivity index (χ1) is 7.10. The zero-order valence-electron chi connectivity index (χ0n) is 7.93. The van der Waals surface area contributed by atoms with E-state index in [2.05, 4.69) is 0 Å². The van der Waals surface area contributed by atoms with E-state index in [9.17, 15) is 20.0 Å². The van der Waals surface area contributed by atoms with Crippen molar-refractivity contribution in [3.8, 4) is 11.5 Å². The third-order valence-electron chi connectivity index (χ3n) is 1.71. The monoisotopic (exact) mass is 210 g/mol. The van der Waals surface area contributed by atoms with Crippen LogP contribution < -0.4 is 9.84 Å².